The summed E-state index contributed by atoms with van der Waals surface area (Å²) in [7, 11) is 3.69. The molecule has 2 aliphatic rings. The van der Waals surface area contributed by atoms with Crippen molar-refractivity contribution in [1.29, 1.82) is 0 Å². The predicted molar refractivity (Wildman–Crippen MR) is 115 cm³/mol. The van der Waals surface area contributed by atoms with Crippen LogP contribution in [-0.2, 0) is 19.4 Å². The number of ether oxygens (including phenoxy) is 1. The number of methoxy groups -OCH3 is 1. The lowest BCUT2D eigenvalue weighted by molar-refractivity contribution is -0.00402. The molecule has 0 bridgehead atoms. The number of aliphatic hydroxyl groups is 1. The van der Waals surface area contributed by atoms with Crippen molar-refractivity contribution in [3.8, 4) is 5.75 Å². The Labute approximate surface area is 178 Å². The Morgan fingerprint density at radius 1 is 1.23 bits per heavy atom. The summed E-state index contributed by atoms with van der Waals surface area (Å²) >= 11 is 0. The van der Waals surface area contributed by atoms with Gasteiger partial charge in [-0.2, -0.15) is 5.10 Å². The number of H-pyrrole nitrogens is 1. The van der Waals surface area contributed by atoms with Crippen LogP contribution in [0.3, 0.4) is 0 Å². The number of rotatable bonds is 6. The lowest BCUT2D eigenvalue weighted by atomic mass is 9.94. The third kappa shape index (κ3) is 4.52. The van der Waals surface area contributed by atoms with Gasteiger partial charge in [0.15, 0.2) is 5.69 Å². The van der Waals surface area contributed by atoms with Gasteiger partial charge in [-0.15, -0.1) is 0 Å². The number of hydrogen-bond acceptors (Lipinski definition) is 5. The van der Waals surface area contributed by atoms with Gasteiger partial charge in [0.2, 0.25) is 0 Å². The maximum absolute atomic E-state index is 13.0. The van der Waals surface area contributed by atoms with Gasteiger partial charge in [0.05, 0.1) is 12.7 Å². The number of likely N-dealkylation sites (N-methyl/N-ethyl adjacent to an activating group) is 1. The first-order valence-corrected chi connectivity index (χ1v) is 10.9. The Balaban J connectivity index is 1.34. The van der Waals surface area contributed by atoms with E-state index in [9.17, 15) is 9.90 Å². The standard InChI is InChI=1S/C23H32N4O3/c1-26(15-17-7-9-18(30-2)10-8-17)16-23(29)11-4-13-27(14-12-23)22(28)21-19-5-3-6-20(19)24-25-21/h7-10,29H,3-6,11-16H2,1-2H3,(H,24,25)/t23-/m0/s1. The summed E-state index contributed by atoms with van der Waals surface area (Å²) in [5, 5.41) is 18.6. The molecule has 2 N–H and O–H groups in total. The largest absolute Gasteiger partial charge is 0.497 e. The lowest BCUT2D eigenvalue weighted by Crippen LogP contribution is -2.42. The fourth-order valence-electron chi connectivity index (χ4n) is 4.79. The molecule has 2 aromatic rings. The topological polar surface area (TPSA) is 81.7 Å². The summed E-state index contributed by atoms with van der Waals surface area (Å²) in [6.45, 7) is 2.57. The zero-order valence-electron chi connectivity index (χ0n) is 18.0. The molecule has 1 saturated heterocycles. The Hall–Kier alpha value is -2.38. The number of hydrogen-bond donors (Lipinski definition) is 2. The van der Waals surface area contributed by atoms with Crippen molar-refractivity contribution in [3.63, 3.8) is 0 Å². The second-order valence-corrected chi connectivity index (χ2v) is 8.77. The van der Waals surface area contributed by atoms with Crippen LogP contribution in [-0.4, -0.2) is 70.4 Å². The molecule has 30 heavy (non-hydrogen) atoms. The van der Waals surface area contributed by atoms with E-state index in [1.54, 1.807) is 7.11 Å². The number of amides is 1. The molecular formula is C23H32N4O3. The molecule has 162 valence electrons. The zero-order valence-corrected chi connectivity index (χ0v) is 18.0. The van der Waals surface area contributed by atoms with Crippen LogP contribution < -0.4 is 4.74 Å². The molecule has 1 atom stereocenters. The minimum atomic E-state index is -0.788. The van der Waals surface area contributed by atoms with Crippen LogP contribution in [0.5, 0.6) is 5.75 Å². The third-order valence-electron chi connectivity index (χ3n) is 6.39. The molecule has 1 aromatic carbocycles. The minimum Gasteiger partial charge on any atom is -0.497 e. The SMILES string of the molecule is COc1ccc(CN(C)C[C@]2(O)CCCN(C(=O)c3n[nH]c4c3CCC4)CC2)cc1. The average molecular weight is 413 g/mol. The van der Waals surface area contributed by atoms with Gasteiger partial charge in [0, 0.05) is 37.4 Å². The van der Waals surface area contributed by atoms with Crippen molar-refractivity contribution >= 4 is 5.91 Å². The third-order valence-corrected chi connectivity index (χ3v) is 6.39. The summed E-state index contributed by atoms with van der Waals surface area (Å²) in [6, 6.07) is 8.02. The first-order chi connectivity index (χ1) is 14.5. The van der Waals surface area contributed by atoms with Crippen molar-refractivity contribution in [3.05, 3.63) is 46.8 Å². The first-order valence-electron chi connectivity index (χ1n) is 10.9. The normalized spacial score (nSPS) is 21.5. The molecule has 0 spiro atoms. The van der Waals surface area contributed by atoms with Crippen LogP contribution >= 0.6 is 0 Å². The van der Waals surface area contributed by atoms with E-state index in [0.29, 0.717) is 38.2 Å². The number of nitrogens with zero attached hydrogens (tertiary/aromatic N) is 3. The van der Waals surface area contributed by atoms with Crippen molar-refractivity contribution in [2.75, 3.05) is 33.8 Å². The van der Waals surface area contributed by atoms with Gasteiger partial charge in [-0.3, -0.25) is 14.8 Å². The van der Waals surface area contributed by atoms with Crippen LogP contribution in [0.4, 0.5) is 0 Å². The summed E-state index contributed by atoms with van der Waals surface area (Å²) in [4.78, 5) is 17.1. The number of nitrogens with one attached hydrogen (secondary N) is 1. The van der Waals surface area contributed by atoms with Crippen molar-refractivity contribution in [1.82, 2.24) is 20.0 Å². The van der Waals surface area contributed by atoms with E-state index in [-0.39, 0.29) is 5.91 Å². The molecule has 0 unspecified atom stereocenters. The molecule has 4 rings (SSSR count). The van der Waals surface area contributed by atoms with Gasteiger partial charge < -0.3 is 14.7 Å². The van der Waals surface area contributed by atoms with E-state index in [1.807, 2.05) is 24.1 Å². The number of carbonyl (C=O) groups is 1. The van der Waals surface area contributed by atoms with Crippen molar-refractivity contribution in [2.24, 2.45) is 0 Å². The van der Waals surface area contributed by atoms with Gasteiger partial charge in [-0.25, -0.2) is 0 Å². The maximum atomic E-state index is 13.0. The average Bonchev–Trinajstić information content (AvgIpc) is 3.29. The van der Waals surface area contributed by atoms with E-state index in [0.717, 1.165) is 49.2 Å². The molecule has 0 radical (unpaired) electrons. The number of fused-ring (bicyclic) bond motifs is 1. The Kier molecular flexibility index (Phi) is 6.11. The van der Waals surface area contributed by atoms with E-state index in [4.69, 9.17) is 4.74 Å². The highest BCUT2D eigenvalue weighted by atomic mass is 16.5. The monoisotopic (exact) mass is 412 g/mol. The summed E-state index contributed by atoms with van der Waals surface area (Å²) in [5.74, 6) is 0.848. The number of aromatic amines is 1. The zero-order chi connectivity index (χ0) is 21.1. The lowest BCUT2D eigenvalue weighted by Gasteiger charge is -2.31. The first kappa shape index (κ1) is 20.9. The highest BCUT2D eigenvalue weighted by molar-refractivity contribution is 5.94. The van der Waals surface area contributed by atoms with Crippen LogP contribution in [0.2, 0.25) is 0 Å². The van der Waals surface area contributed by atoms with Crippen molar-refractivity contribution in [2.45, 2.75) is 50.7 Å². The van der Waals surface area contributed by atoms with Gasteiger partial charge >= 0.3 is 0 Å². The molecule has 1 aliphatic carbocycles. The Morgan fingerprint density at radius 3 is 2.80 bits per heavy atom. The Morgan fingerprint density at radius 2 is 2.03 bits per heavy atom. The number of likely N-dealkylation sites (tertiary alicyclic amines) is 1. The number of aromatic nitrogens is 2. The smallest absolute Gasteiger partial charge is 0.274 e. The highest BCUT2D eigenvalue weighted by Gasteiger charge is 2.34. The number of benzene rings is 1. The summed E-state index contributed by atoms with van der Waals surface area (Å²) in [5.41, 5.74) is 3.19. The van der Waals surface area contributed by atoms with E-state index < -0.39 is 5.60 Å². The Bertz CT molecular complexity index is 879. The molecule has 1 aliphatic heterocycles. The molecule has 7 heteroatoms. The second-order valence-electron chi connectivity index (χ2n) is 8.77. The van der Waals surface area contributed by atoms with Gasteiger partial charge in [-0.05, 0) is 63.3 Å². The number of aryl methyl sites for hydroxylation is 1. The molecular weight excluding hydrogens is 380 g/mol. The second kappa shape index (κ2) is 8.78. The summed E-state index contributed by atoms with van der Waals surface area (Å²) < 4.78 is 5.21. The van der Waals surface area contributed by atoms with Crippen LogP contribution in [0.1, 0.15) is 53.0 Å². The maximum Gasteiger partial charge on any atom is 0.274 e. The van der Waals surface area contributed by atoms with Gasteiger partial charge in [-0.1, -0.05) is 12.1 Å². The fraction of sp³-hybridized carbons (Fsp3) is 0.565. The van der Waals surface area contributed by atoms with Crippen LogP contribution in [0, 0.1) is 0 Å². The van der Waals surface area contributed by atoms with Gasteiger partial charge in [0.1, 0.15) is 5.75 Å². The highest BCUT2D eigenvalue weighted by Crippen LogP contribution is 2.27. The minimum absolute atomic E-state index is 0.00485. The predicted octanol–water partition coefficient (Wildman–Crippen LogP) is 2.40. The van der Waals surface area contributed by atoms with Crippen LogP contribution in [0.25, 0.3) is 0 Å². The molecule has 7 nitrogen and oxygen atoms in total. The van der Waals surface area contributed by atoms with Crippen LogP contribution in [0.15, 0.2) is 24.3 Å². The summed E-state index contributed by atoms with van der Waals surface area (Å²) in [6.07, 6.45) is 5.08. The van der Waals surface area contributed by atoms with Crippen molar-refractivity contribution < 1.29 is 14.6 Å². The molecule has 1 amide bonds. The molecule has 2 heterocycles. The molecule has 1 aromatic heterocycles. The van der Waals surface area contributed by atoms with E-state index in [1.165, 1.54) is 5.56 Å². The van der Waals surface area contributed by atoms with E-state index >= 15 is 0 Å². The number of carbonyl (C=O) groups excluding carboxylic acids is 1. The molecule has 0 saturated carbocycles. The molecule has 1 fully saturated rings. The van der Waals surface area contributed by atoms with E-state index in [2.05, 4.69) is 27.2 Å². The van der Waals surface area contributed by atoms with Gasteiger partial charge in [0.25, 0.3) is 5.91 Å². The quantitative estimate of drug-likeness (QED) is 0.761. The fourth-order valence-corrected chi connectivity index (χ4v) is 4.79.